The number of nitrogens with one attached hydrogen (secondary N) is 1. The van der Waals surface area contributed by atoms with Crippen molar-refractivity contribution < 1.29 is 22.8 Å². The first kappa shape index (κ1) is 25.9. The van der Waals surface area contributed by atoms with Crippen molar-refractivity contribution in [1.29, 1.82) is 0 Å². The van der Waals surface area contributed by atoms with E-state index in [0.29, 0.717) is 30.5 Å². The monoisotopic (exact) mass is 535 g/mol. The molecule has 0 bridgehead atoms. The minimum absolute atomic E-state index is 0.243. The summed E-state index contributed by atoms with van der Waals surface area (Å²) in [5, 5.41) is 3.65. The van der Waals surface area contributed by atoms with Gasteiger partial charge in [0.1, 0.15) is 17.8 Å². The SMILES string of the molecule is CCCC(NC(=O)c1ccc2ncccc2c1)C(=O)N1CCC2C1C(=O)CN2S(=O)(=O)Cc1ccccn1. The zero-order chi connectivity index (χ0) is 26.9. The zero-order valence-electron chi connectivity index (χ0n) is 21.0. The van der Waals surface area contributed by atoms with Gasteiger partial charge in [-0.3, -0.25) is 24.4 Å². The van der Waals surface area contributed by atoms with Gasteiger partial charge < -0.3 is 10.2 Å². The molecule has 2 aliphatic heterocycles. The molecule has 3 aromatic rings. The van der Waals surface area contributed by atoms with Crippen LogP contribution in [0.4, 0.5) is 0 Å². The molecule has 2 aromatic heterocycles. The molecule has 1 aromatic carbocycles. The summed E-state index contributed by atoms with van der Waals surface area (Å²) in [6.07, 6.45) is 4.59. The number of amides is 2. The summed E-state index contributed by atoms with van der Waals surface area (Å²) < 4.78 is 27.6. The molecule has 10 nitrogen and oxygen atoms in total. The normalized spacial score (nSPS) is 20.4. The van der Waals surface area contributed by atoms with Gasteiger partial charge in [0.25, 0.3) is 5.91 Å². The molecule has 0 spiro atoms. The highest BCUT2D eigenvalue weighted by molar-refractivity contribution is 7.88. The lowest BCUT2D eigenvalue weighted by Crippen LogP contribution is -2.52. The van der Waals surface area contributed by atoms with Crippen LogP contribution in [0, 0.1) is 0 Å². The first-order valence-corrected chi connectivity index (χ1v) is 14.3. The van der Waals surface area contributed by atoms with Crippen LogP contribution in [0.1, 0.15) is 42.2 Å². The van der Waals surface area contributed by atoms with Crippen LogP contribution in [0.5, 0.6) is 0 Å². The Balaban J connectivity index is 1.31. The predicted octanol–water partition coefficient (Wildman–Crippen LogP) is 1.91. The van der Waals surface area contributed by atoms with E-state index in [1.54, 1.807) is 48.7 Å². The number of Topliss-reactive ketones (excluding diaryl/α,β-unsaturated/α-hetero) is 1. The highest BCUT2D eigenvalue weighted by atomic mass is 32.2. The number of rotatable bonds is 8. The summed E-state index contributed by atoms with van der Waals surface area (Å²) in [7, 11) is -3.82. The molecule has 0 aliphatic carbocycles. The Morgan fingerprint density at radius 1 is 1.11 bits per heavy atom. The Bertz CT molecular complexity index is 1480. The van der Waals surface area contributed by atoms with E-state index in [0.717, 1.165) is 10.9 Å². The topological polar surface area (TPSA) is 130 Å². The largest absolute Gasteiger partial charge is 0.340 e. The number of carbonyl (C=O) groups excluding carboxylic acids is 3. The number of hydrogen-bond acceptors (Lipinski definition) is 7. The van der Waals surface area contributed by atoms with E-state index in [4.69, 9.17) is 0 Å². The number of benzene rings is 1. The van der Waals surface area contributed by atoms with Crippen molar-refractivity contribution in [3.05, 3.63) is 72.2 Å². The molecule has 0 radical (unpaired) electrons. The number of hydrogen-bond donors (Lipinski definition) is 1. The summed E-state index contributed by atoms with van der Waals surface area (Å²) in [5.74, 6) is -1.38. The number of pyridine rings is 2. The molecule has 2 fully saturated rings. The molecule has 2 amide bonds. The van der Waals surface area contributed by atoms with Gasteiger partial charge in [-0.1, -0.05) is 25.5 Å². The van der Waals surface area contributed by atoms with Crippen molar-refractivity contribution in [1.82, 2.24) is 24.5 Å². The molecule has 0 saturated carbocycles. The van der Waals surface area contributed by atoms with Crippen LogP contribution in [-0.4, -0.2) is 76.4 Å². The summed E-state index contributed by atoms with van der Waals surface area (Å²) >= 11 is 0. The fourth-order valence-electron chi connectivity index (χ4n) is 5.34. The number of sulfonamides is 1. The summed E-state index contributed by atoms with van der Waals surface area (Å²) in [6.45, 7) is 1.88. The van der Waals surface area contributed by atoms with Gasteiger partial charge in [-0.2, -0.15) is 4.31 Å². The second-order valence-electron chi connectivity index (χ2n) is 9.65. The van der Waals surface area contributed by atoms with Crippen LogP contribution < -0.4 is 5.32 Å². The predicted molar refractivity (Wildman–Crippen MR) is 140 cm³/mol. The summed E-state index contributed by atoms with van der Waals surface area (Å²) in [6, 6.07) is 11.5. The van der Waals surface area contributed by atoms with Gasteiger partial charge in [0.15, 0.2) is 5.78 Å². The molecule has 38 heavy (non-hydrogen) atoms. The lowest BCUT2D eigenvalue weighted by molar-refractivity contribution is -0.138. The third-order valence-corrected chi connectivity index (χ3v) is 8.90. The Morgan fingerprint density at radius 2 is 1.92 bits per heavy atom. The molecule has 4 heterocycles. The second-order valence-corrected chi connectivity index (χ2v) is 11.6. The van der Waals surface area contributed by atoms with Crippen molar-refractivity contribution in [3.63, 3.8) is 0 Å². The van der Waals surface area contributed by atoms with Gasteiger partial charge in [-0.25, -0.2) is 8.42 Å². The van der Waals surface area contributed by atoms with E-state index in [1.807, 2.05) is 13.0 Å². The maximum Gasteiger partial charge on any atom is 0.251 e. The molecule has 198 valence electrons. The van der Waals surface area contributed by atoms with E-state index in [2.05, 4.69) is 15.3 Å². The molecule has 11 heteroatoms. The fourth-order valence-corrected chi connectivity index (χ4v) is 7.01. The van der Waals surface area contributed by atoms with E-state index in [-0.39, 0.29) is 30.5 Å². The van der Waals surface area contributed by atoms with Crippen molar-refractivity contribution >= 4 is 38.5 Å². The number of nitrogens with zero attached hydrogens (tertiary/aromatic N) is 4. The quantitative estimate of drug-likeness (QED) is 0.466. The molecule has 2 aliphatic rings. The van der Waals surface area contributed by atoms with E-state index < -0.39 is 34.1 Å². The van der Waals surface area contributed by atoms with Crippen molar-refractivity contribution in [3.8, 4) is 0 Å². The average Bonchev–Trinajstić information content (AvgIpc) is 3.49. The standard InChI is InChI=1S/C27H29N5O5S/c1-2-6-22(30-26(34)19-9-10-21-18(15-19)7-5-13-29-21)27(35)31-14-11-23-25(31)24(33)16-32(23)38(36,37)17-20-8-3-4-12-28-20/h3-5,7-10,12-13,15,22-23,25H,2,6,11,14,16-17H2,1H3,(H,30,34). The smallest absolute Gasteiger partial charge is 0.251 e. The first-order valence-electron chi connectivity index (χ1n) is 12.7. The van der Waals surface area contributed by atoms with Gasteiger partial charge in [0, 0.05) is 29.9 Å². The van der Waals surface area contributed by atoms with E-state index in [1.165, 1.54) is 15.4 Å². The van der Waals surface area contributed by atoms with Gasteiger partial charge in [0.2, 0.25) is 15.9 Å². The number of ketones is 1. The van der Waals surface area contributed by atoms with Crippen molar-refractivity contribution in [2.75, 3.05) is 13.1 Å². The summed E-state index contributed by atoms with van der Waals surface area (Å²) in [5.41, 5.74) is 1.56. The third kappa shape index (κ3) is 5.03. The second kappa shape index (κ2) is 10.6. The summed E-state index contributed by atoms with van der Waals surface area (Å²) in [4.78, 5) is 49.5. The highest BCUT2D eigenvalue weighted by Gasteiger charge is 2.54. The molecular formula is C27H29N5O5S. The first-order chi connectivity index (χ1) is 18.3. The van der Waals surface area contributed by atoms with Crippen LogP contribution in [0.3, 0.4) is 0 Å². The van der Waals surface area contributed by atoms with Crippen LogP contribution in [0.25, 0.3) is 10.9 Å². The highest BCUT2D eigenvalue weighted by Crippen LogP contribution is 2.33. The van der Waals surface area contributed by atoms with Crippen LogP contribution in [0.15, 0.2) is 60.9 Å². The molecule has 1 N–H and O–H groups in total. The van der Waals surface area contributed by atoms with Crippen LogP contribution >= 0.6 is 0 Å². The number of carbonyl (C=O) groups is 3. The fraction of sp³-hybridized carbons (Fsp3) is 0.370. The minimum atomic E-state index is -3.82. The van der Waals surface area contributed by atoms with Gasteiger partial charge in [0.05, 0.1) is 23.8 Å². The Labute approximate surface area is 221 Å². The Hall–Kier alpha value is -3.70. The number of aromatic nitrogens is 2. The lowest BCUT2D eigenvalue weighted by Gasteiger charge is -2.28. The van der Waals surface area contributed by atoms with E-state index >= 15 is 0 Å². The minimum Gasteiger partial charge on any atom is -0.340 e. The van der Waals surface area contributed by atoms with Gasteiger partial charge in [-0.05, 0) is 49.2 Å². The number of fused-ring (bicyclic) bond motifs is 2. The van der Waals surface area contributed by atoms with Crippen molar-refractivity contribution in [2.24, 2.45) is 0 Å². The maximum atomic E-state index is 13.6. The maximum absolute atomic E-state index is 13.6. The van der Waals surface area contributed by atoms with Crippen LogP contribution in [-0.2, 0) is 25.4 Å². The molecule has 3 atom stereocenters. The van der Waals surface area contributed by atoms with Gasteiger partial charge in [-0.15, -0.1) is 0 Å². The Kier molecular flexibility index (Phi) is 7.22. The van der Waals surface area contributed by atoms with Crippen LogP contribution in [0.2, 0.25) is 0 Å². The average molecular weight is 536 g/mol. The van der Waals surface area contributed by atoms with Crippen molar-refractivity contribution in [2.45, 2.75) is 50.1 Å². The molecular weight excluding hydrogens is 506 g/mol. The van der Waals surface area contributed by atoms with E-state index in [9.17, 15) is 22.8 Å². The zero-order valence-corrected chi connectivity index (χ0v) is 21.8. The third-order valence-electron chi connectivity index (χ3n) is 7.12. The molecule has 3 unspecified atom stereocenters. The van der Waals surface area contributed by atoms with Gasteiger partial charge >= 0.3 is 0 Å². The molecule has 2 saturated heterocycles. The number of likely N-dealkylation sites (tertiary alicyclic amines) is 1. The lowest BCUT2D eigenvalue weighted by atomic mass is 10.1. The Morgan fingerprint density at radius 3 is 2.68 bits per heavy atom. The molecule has 5 rings (SSSR count).